The van der Waals surface area contributed by atoms with Gasteiger partial charge in [0.1, 0.15) is 5.82 Å². The zero-order valence-electron chi connectivity index (χ0n) is 15.3. The summed E-state index contributed by atoms with van der Waals surface area (Å²) >= 11 is 0. The quantitative estimate of drug-likeness (QED) is 0.748. The molecule has 8 nitrogen and oxygen atoms in total. The fourth-order valence-corrected chi connectivity index (χ4v) is 4.86. The van der Waals surface area contributed by atoms with Gasteiger partial charge in [-0.05, 0) is 37.6 Å². The van der Waals surface area contributed by atoms with Gasteiger partial charge in [0, 0.05) is 24.5 Å². The van der Waals surface area contributed by atoms with E-state index in [0.717, 1.165) is 0 Å². The molecule has 1 saturated heterocycles. The lowest BCUT2D eigenvalue weighted by Gasteiger charge is -2.26. The van der Waals surface area contributed by atoms with E-state index < -0.39 is 15.8 Å². The Morgan fingerprint density at radius 1 is 1.37 bits per heavy atom. The molecule has 9 heteroatoms. The van der Waals surface area contributed by atoms with E-state index in [1.165, 1.54) is 7.11 Å². The predicted molar refractivity (Wildman–Crippen MR) is 103 cm³/mol. The molecule has 1 fully saturated rings. The van der Waals surface area contributed by atoms with Gasteiger partial charge in [-0.2, -0.15) is 4.98 Å². The van der Waals surface area contributed by atoms with E-state index >= 15 is 0 Å². The van der Waals surface area contributed by atoms with Crippen LogP contribution in [0.25, 0.3) is 0 Å². The monoisotopic (exact) mass is 390 g/mol. The van der Waals surface area contributed by atoms with Crippen molar-refractivity contribution in [3.63, 3.8) is 0 Å². The van der Waals surface area contributed by atoms with E-state index in [0.29, 0.717) is 36.0 Å². The van der Waals surface area contributed by atoms with Gasteiger partial charge >= 0.3 is 5.97 Å². The van der Waals surface area contributed by atoms with Crippen LogP contribution in [0, 0.1) is 0 Å². The first kappa shape index (κ1) is 19.1. The Kier molecular flexibility index (Phi) is 5.59. The summed E-state index contributed by atoms with van der Waals surface area (Å²) in [5.74, 6) is 0.951. The van der Waals surface area contributed by atoms with Crippen molar-refractivity contribution in [2.75, 3.05) is 35.4 Å². The second-order valence-corrected chi connectivity index (χ2v) is 8.51. The van der Waals surface area contributed by atoms with Crippen LogP contribution in [0.2, 0.25) is 0 Å². The second-order valence-electron chi connectivity index (χ2n) is 6.28. The molecule has 2 heterocycles. The zero-order chi connectivity index (χ0) is 19.4. The number of esters is 1. The van der Waals surface area contributed by atoms with Crippen LogP contribution in [-0.2, 0) is 14.6 Å². The highest BCUT2D eigenvalue weighted by atomic mass is 32.2. The SMILES string of the molecule is CCN(c1nccc(Nc2cccc(C(=O)OC)c2)n1)C1CCS(=O)(=O)C1. The molecule has 1 aliphatic heterocycles. The Hall–Kier alpha value is -2.68. The van der Waals surface area contributed by atoms with Crippen LogP contribution in [0.3, 0.4) is 0 Å². The summed E-state index contributed by atoms with van der Waals surface area (Å²) in [6, 6.07) is 8.51. The average molecular weight is 390 g/mol. The van der Waals surface area contributed by atoms with Gasteiger partial charge in [0.2, 0.25) is 5.95 Å². The lowest BCUT2D eigenvalue weighted by atomic mass is 10.2. The summed E-state index contributed by atoms with van der Waals surface area (Å²) in [5.41, 5.74) is 1.12. The van der Waals surface area contributed by atoms with Crippen molar-refractivity contribution in [1.29, 1.82) is 0 Å². The number of nitrogens with one attached hydrogen (secondary N) is 1. The zero-order valence-corrected chi connectivity index (χ0v) is 16.1. The van der Waals surface area contributed by atoms with Crippen molar-refractivity contribution in [3.8, 4) is 0 Å². The fourth-order valence-electron chi connectivity index (χ4n) is 3.13. The number of anilines is 3. The summed E-state index contributed by atoms with van der Waals surface area (Å²) in [4.78, 5) is 22.4. The maximum absolute atomic E-state index is 11.8. The highest BCUT2D eigenvalue weighted by Gasteiger charge is 2.32. The third-order valence-corrected chi connectivity index (χ3v) is 6.20. The summed E-state index contributed by atoms with van der Waals surface area (Å²) in [6.07, 6.45) is 2.21. The Morgan fingerprint density at radius 3 is 2.85 bits per heavy atom. The summed E-state index contributed by atoms with van der Waals surface area (Å²) in [7, 11) is -1.65. The normalized spacial score (nSPS) is 18.1. The number of benzene rings is 1. The first-order valence-electron chi connectivity index (χ1n) is 8.67. The van der Waals surface area contributed by atoms with Crippen molar-refractivity contribution in [2.45, 2.75) is 19.4 Å². The lowest BCUT2D eigenvalue weighted by Crippen LogP contribution is -2.37. The summed E-state index contributed by atoms with van der Waals surface area (Å²) in [6.45, 7) is 2.57. The van der Waals surface area contributed by atoms with Crippen molar-refractivity contribution in [3.05, 3.63) is 42.1 Å². The number of methoxy groups -OCH3 is 1. The maximum Gasteiger partial charge on any atom is 0.337 e. The molecule has 1 N–H and O–H groups in total. The average Bonchev–Trinajstić information content (AvgIpc) is 3.02. The molecule has 1 unspecified atom stereocenters. The molecular weight excluding hydrogens is 368 g/mol. The number of rotatable bonds is 6. The molecule has 2 aromatic rings. The van der Waals surface area contributed by atoms with Crippen LogP contribution >= 0.6 is 0 Å². The molecule has 0 aliphatic carbocycles. The van der Waals surface area contributed by atoms with Gasteiger partial charge in [-0.1, -0.05) is 6.07 Å². The predicted octanol–water partition coefficient (Wildman–Crippen LogP) is 2.02. The molecule has 27 heavy (non-hydrogen) atoms. The largest absolute Gasteiger partial charge is 0.465 e. The van der Waals surface area contributed by atoms with Crippen molar-refractivity contribution in [2.24, 2.45) is 0 Å². The summed E-state index contributed by atoms with van der Waals surface area (Å²) < 4.78 is 28.3. The highest BCUT2D eigenvalue weighted by Crippen LogP contribution is 2.23. The van der Waals surface area contributed by atoms with E-state index in [4.69, 9.17) is 4.74 Å². The number of sulfone groups is 1. The number of hydrogen-bond acceptors (Lipinski definition) is 8. The van der Waals surface area contributed by atoms with Gasteiger partial charge in [0.15, 0.2) is 9.84 Å². The van der Waals surface area contributed by atoms with Gasteiger partial charge in [0.05, 0.1) is 24.2 Å². The number of aromatic nitrogens is 2. The number of carbonyl (C=O) groups excluding carboxylic acids is 1. The van der Waals surface area contributed by atoms with Gasteiger partial charge < -0.3 is 15.0 Å². The van der Waals surface area contributed by atoms with Crippen LogP contribution in [-0.4, -0.2) is 55.6 Å². The third kappa shape index (κ3) is 4.54. The molecule has 3 rings (SSSR count). The first-order valence-corrected chi connectivity index (χ1v) is 10.5. The molecule has 0 amide bonds. The Bertz CT molecular complexity index is 932. The maximum atomic E-state index is 11.8. The number of hydrogen-bond donors (Lipinski definition) is 1. The van der Waals surface area contributed by atoms with Crippen molar-refractivity contribution in [1.82, 2.24) is 9.97 Å². The first-order chi connectivity index (χ1) is 12.9. The number of nitrogens with zero attached hydrogens (tertiary/aromatic N) is 3. The van der Waals surface area contributed by atoms with Crippen LogP contribution in [0.15, 0.2) is 36.5 Å². The minimum atomic E-state index is -2.99. The highest BCUT2D eigenvalue weighted by molar-refractivity contribution is 7.91. The van der Waals surface area contributed by atoms with E-state index in [1.54, 1.807) is 30.5 Å². The van der Waals surface area contributed by atoms with Gasteiger partial charge in [0.25, 0.3) is 0 Å². The number of carbonyl (C=O) groups is 1. The Labute approximate surface area is 158 Å². The molecule has 0 saturated carbocycles. The molecule has 1 atom stereocenters. The summed E-state index contributed by atoms with van der Waals surface area (Å²) in [5, 5.41) is 3.15. The molecule has 1 aromatic carbocycles. The lowest BCUT2D eigenvalue weighted by molar-refractivity contribution is 0.0601. The van der Waals surface area contributed by atoms with E-state index in [2.05, 4.69) is 15.3 Å². The van der Waals surface area contributed by atoms with Crippen LogP contribution < -0.4 is 10.2 Å². The van der Waals surface area contributed by atoms with Crippen molar-refractivity contribution < 1.29 is 17.9 Å². The molecule has 0 radical (unpaired) electrons. The topological polar surface area (TPSA) is 101 Å². The minimum absolute atomic E-state index is 0.113. The Balaban J connectivity index is 1.80. The van der Waals surface area contributed by atoms with Crippen molar-refractivity contribution >= 4 is 33.3 Å². The van der Waals surface area contributed by atoms with Gasteiger partial charge in [-0.3, -0.25) is 0 Å². The minimum Gasteiger partial charge on any atom is -0.465 e. The van der Waals surface area contributed by atoms with Gasteiger partial charge in [-0.15, -0.1) is 0 Å². The molecule has 1 aliphatic rings. The standard InChI is InChI=1S/C18H22N4O4S/c1-3-22(15-8-10-27(24,25)12-15)18-19-9-7-16(21-18)20-14-6-4-5-13(11-14)17(23)26-2/h4-7,9,11,15H,3,8,10,12H2,1-2H3,(H,19,20,21). The van der Waals surface area contributed by atoms with E-state index in [1.807, 2.05) is 17.9 Å². The molecular formula is C18H22N4O4S. The van der Waals surface area contributed by atoms with Gasteiger partial charge in [-0.25, -0.2) is 18.2 Å². The van der Waals surface area contributed by atoms with E-state index in [-0.39, 0.29) is 17.5 Å². The second kappa shape index (κ2) is 7.91. The molecule has 1 aromatic heterocycles. The van der Waals surface area contributed by atoms with Crippen LogP contribution in [0.5, 0.6) is 0 Å². The third-order valence-electron chi connectivity index (χ3n) is 4.45. The number of ether oxygens (including phenoxy) is 1. The van der Waals surface area contributed by atoms with Crippen LogP contribution in [0.4, 0.5) is 17.5 Å². The Morgan fingerprint density at radius 2 is 2.19 bits per heavy atom. The fraction of sp³-hybridized carbons (Fsp3) is 0.389. The van der Waals surface area contributed by atoms with E-state index in [9.17, 15) is 13.2 Å². The smallest absolute Gasteiger partial charge is 0.337 e. The molecule has 144 valence electrons. The molecule has 0 spiro atoms. The van der Waals surface area contributed by atoms with Crippen LogP contribution in [0.1, 0.15) is 23.7 Å². The molecule has 0 bridgehead atoms.